The first-order valence-electron chi connectivity index (χ1n) is 7.72. The van der Waals surface area contributed by atoms with Gasteiger partial charge < -0.3 is 9.90 Å². The Kier molecular flexibility index (Phi) is 13.4. The number of carboxylic acids is 1. The van der Waals surface area contributed by atoms with Crippen LogP contribution in [0.5, 0.6) is 0 Å². The molecule has 0 N–H and O–H groups in total. The van der Waals surface area contributed by atoms with Crippen LogP contribution in [0.3, 0.4) is 0 Å². The lowest BCUT2D eigenvalue weighted by Gasteiger charge is -2.27. The molecule has 0 atom stereocenters. The molecule has 5 heteroatoms. The van der Waals surface area contributed by atoms with E-state index < -0.39 is 5.97 Å². The standard InChI is InChI=1S/C13H30N3.C2H4O2/c1-7-14(8-2)13(15(9-3)10-4)16(11-5)12-6;1-2(3)4/h7-12H2,1-6H3;1H3,(H,3,4)/q+1;/p-1. The quantitative estimate of drug-likeness (QED) is 0.412. The average molecular weight is 287 g/mol. The van der Waals surface area contributed by atoms with Gasteiger partial charge in [-0.05, 0) is 48.5 Å². The van der Waals surface area contributed by atoms with Crippen LogP contribution in [-0.2, 0) is 4.79 Å². The monoisotopic (exact) mass is 287 g/mol. The molecule has 120 valence electrons. The van der Waals surface area contributed by atoms with Crippen LogP contribution in [0.2, 0.25) is 0 Å². The molecule has 0 fully saturated rings. The van der Waals surface area contributed by atoms with Gasteiger partial charge in [0.2, 0.25) is 0 Å². The van der Waals surface area contributed by atoms with Crippen molar-refractivity contribution in [2.45, 2.75) is 48.5 Å². The van der Waals surface area contributed by atoms with Gasteiger partial charge in [0.1, 0.15) is 0 Å². The lowest BCUT2D eigenvalue weighted by atomic mass is 10.4. The van der Waals surface area contributed by atoms with Crippen molar-refractivity contribution in [3.8, 4) is 0 Å². The van der Waals surface area contributed by atoms with Crippen LogP contribution >= 0.6 is 0 Å². The van der Waals surface area contributed by atoms with Crippen molar-refractivity contribution in [1.29, 1.82) is 0 Å². The minimum absolute atomic E-state index is 0.972. The third-order valence-corrected chi connectivity index (χ3v) is 3.14. The van der Waals surface area contributed by atoms with Gasteiger partial charge in [-0.2, -0.15) is 0 Å². The Labute approximate surface area is 124 Å². The van der Waals surface area contributed by atoms with E-state index >= 15 is 0 Å². The highest BCUT2D eigenvalue weighted by atomic mass is 16.4. The van der Waals surface area contributed by atoms with Crippen LogP contribution < -0.4 is 5.11 Å². The first-order chi connectivity index (χ1) is 9.42. The van der Waals surface area contributed by atoms with E-state index in [0.717, 1.165) is 46.2 Å². The largest absolute Gasteiger partial charge is 0.550 e. The summed E-state index contributed by atoms with van der Waals surface area (Å²) in [6.45, 7) is 20.9. The van der Waals surface area contributed by atoms with E-state index in [9.17, 15) is 0 Å². The van der Waals surface area contributed by atoms with E-state index in [1.54, 1.807) is 0 Å². The molecule has 5 nitrogen and oxygen atoms in total. The van der Waals surface area contributed by atoms with Gasteiger partial charge in [0.25, 0.3) is 0 Å². The first kappa shape index (κ1) is 21.0. The summed E-state index contributed by atoms with van der Waals surface area (Å²) in [5.41, 5.74) is 0. The van der Waals surface area contributed by atoms with Crippen molar-refractivity contribution in [3.63, 3.8) is 0 Å². The van der Waals surface area contributed by atoms with Crippen molar-refractivity contribution in [1.82, 2.24) is 9.80 Å². The number of carbonyl (C=O) groups excluding carboxylic acids is 1. The van der Waals surface area contributed by atoms with E-state index in [1.807, 2.05) is 0 Å². The summed E-state index contributed by atoms with van der Waals surface area (Å²) < 4.78 is 2.46. The third kappa shape index (κ3) is 8.02. The van der Waals surface area contributed by atoms with Gasteiger partial charge in [0.15, 0.2) is 0 Å². The van der Waals surface area contributed by atoms with Crippen molar-refractivity contribution < 1.29 is 14.5 Å². The summed E-state index contributed by atoms with van der Waals surface area (Å²) in [5.74, 6) is 0.319. The number of rotatable bonds is 6. The molecule has 0 rings (SSSR count). The predicted molar refractivity (Wildman–Crippen MR) is 82.9 cm³/mol. The predicted octanol–water partition coefficient (Wildman–Crippen LogP) is 0.835. The van der Waals surface area contributed by atoms with E-state index in [-0.39, 0.29) is 0 Å². The van der Waals surface area contributed by atoms with E-state index in [2.05, 4.69) is 55.9 Å². The fraction of sp³-hybridized carbons (Fsp3) is 0.867. The van der Waals surface area contributed by atoms with Crippen LogP contribution in [0, 0.1) is 0 Å². The maximum Gasteiger partial charge on any atom is 0.350 e. The average Bonchev–Trinajstić information content (AvgIpc) is 2.41. The maximum atomic E-state index is 8.89. The minimum Gasteiger partial charge on any atom is -0.550 e. The van der Waals surface area contributed by atoms with Gasteiger partial charge in [-0.15, -0.1) is 0 Å². The molecule has 0 aliphatic carbocycles. The van der Waals surface area contributed by atoms with Gasteiger partial charge in [-0.1, -0.05) is 0 Å². The third-order valence-electron chi connectivity index (χ3n) is 3.14. The highest BCUT2D eigenvalue weighted by Gasteiger charge is 2.24. The molecule has 0 spiro atoms. The number of guanidine groups is 1. The summed E-state index contributed by atoms with van der Waals surface area (Å²) in [5, 5.41) is 8.89. The van der Waals surface area contributed by atoms with Crippen molar-refractivity contribution in [2.24, 2.45) is 0 Å². The smallest absolute Gasteiger partial charge is 0.350 e. The zero-order valence-electron chi connectivity index (χ0n) is 14.4. The minimum atomic E-state index is -1.08. The van der Waals surface area contributed by atoms with E-state index in [1.165, 1.54) is 5.96 Å². The molecule has 20 heavy (non-hydrogen) atoms. The van der Waals surface area contributed by atoms with Crippen LogP contribution in [0.25, 0.3) is 0 Å². The van der Waals surface area contributed by atoms with Crippen LogP contribution in [0.4, 0.5) is 0 Å². The molecule has 0 heterocycles. The highest BCUT2D eigenvalue weighted by molar-refractivity contribution is 5.75. The van der Waals surface area contributed by atoms with E-state index in [0.29, 0.717) is 0 Å². The summed E-state index contributed by atoms with van der Waals surface area (Å²) in [6.07, 6.45) is 0. The van der Waals surface area contributed by atoms with Gasteiger partial charge in [-0.3, -0.25) is 14.4 Å². The molecule has 0 unspecified atom stereocenters. The SMILES string of the molecule is CC(=O)[O-].CCN(CC)C(N(CC)CC)=[N+](CC)CC. The second kappa shape index (κ2) is 12.8. The Bertz CT molecular complexity index is 259. The van der Waals surface area contributed by atoms with Gasteiger partial charge in [-0.25, -0.2) is 0 Å². The lowest BCUT2D eigenvalue weighted by molar-refractivity contribution is -0.531. The summed E-state index contributed by atoms with van der Waals surface area (Å²) in [6, 6.07) is 0. The van der Waals surface area contributed by atoms with Gasteiger partial charge in [0, 0.05) is 5.97 Å². The lowest BCUT2D eigenvalue weighted by Crippen LogP contribution is -2.49. The Morgan fingerprint density at radius 3 is 1.25 bits per heavy atom. The second-order valence-electron chi connectivity index (χ2n) is 4.31. The van der Waals surface area contributed by atoms with Crippen LogP contribution in [0.1, 0.15) is 48.5 Å². The Balaban J connectivity index is 0. The number of nitrogens with zero attached hydrogens (tertiary/aromatic N) is 3. The number of aliphatic carboxylic acids is 1. The number of carbonyl (C=O) groups is 1. The fourth-order valence-corrected chi connectivity index (χ4v) is 2.12. The molecule has 0 saturated carbocycles. The van der Waals surface area contributed by atoms with Gasteiger partial charge >= 0.3 is 5.96 Å². The van der Waals surface area contributed by atoms with Crippen LogP contribution in [-0.4, -0.2) is 65.6 Å². The van der Waals surface area contributed by atoms with Crippen LogP contribution in [0.15, 0.2) is 0 Å². The molecular weight excluding hydrogens is 254 g/mol. The summed E-state index contributed by atoms with van der Waals surface area (Å²) in [4.78, 5) is 13.8. The molecule has 0 aliphatic rings. The molecule has 0 aromatic carbocycles. The number of hydrogen-bond acceptors (Lipinski definition) is 2. The van der Waals surface area contributed by atoms with E-state index in [4.69, 9.17) is 9.90 Å². The molecule has 0 aliphatic heterocycles. The number of hydrogen-bond donors (Lipinski definition) is 0. The fourth-order valence-electron chi connectivity index (χ4n) is 2.12. The molecule has 0 bridgehead atoms. The molecule has 0 radical (unpaired) electrons. The van der Waals surface area contributed by atoms with Gasteiger partial charge in [0.05, 0.1) is 39.3 Å². The Hall–Kier alpha value is -1.26. The van der Waals surface area contributed by atoms with Crippen molar-refractivity contribution >= 4 is 11.9 Å². The second-order valence-corrected chi connectivity index (χ2v) is 4.31. The summed E-state index contributed by atoms with van der Waals surface area (Å²) in [7, 11) is 0. The highest BCUT2D eigenvalue weighted by Crippen LogP contribution is 2.00. The normalized spacial score (nSPS) is 9.35. The molecule has 0 aromatic heterocycles. The zero-order valence-corrected chi connectivity index (χ0v) is 14.4. The molecule has 0 saturated heterocycles. The first-order valence-corrected chi connectivity index (χ1v) is 7.72. The molecular formula is C15H33N3O2. The molecule has 0 amide bonds. The topological polar surface area (TPSA) is 49.6 Å². The van der Waals surface area contributed by atoms with Crippen molar-refractivity contribution in [2.75, 3.05) is 39.3 Å². The number of carboxylic acid groups (broad SMARTS) is 1. The Morgan fingerprint density at radius 1 is 0.850 bits per heavy atom. The Morgan fingerprint density at radius 2 is 1.10 bits per heavy atom. The molecule has 0 aromatic rings. The van der Waals surface area contributed by atoms with Crippen molar-refractivity contribution in [3.05, 3.63) is 0 Å². The maximum absolute atomic E-state index is 8.89. The summed E-state index contributed by atoms with van der Waals surface area (Å²) >= 11 is 0. The zero-order chi connectivity index (χ0) is 16.1.